The Morgan fingerprint density at radius 2 is 1.89 bits per heavy atom. The summed E-state index contributed by atoms with van der Waals surface area (Å²) in [5.74, 6) is 0.797. The van der Waals surface area contributed by atoms with Crippen LogP contribution in [0.1, 0.15) is 24.0 Å². The molecule has 1 aliphatic carbocycles. The van der Waals surface area contributed by atoms with Crippen molar-refractivity contribution in [1.29, 1.82) is 0 Å². The highest BCUT2D eigenvalue weighted by molar-refractivity contribution is 6.31. The zero-order valence-corrected chi connectivity index (χ0v) is 15.6. The van der Waals surface area contributed by atoms with Crippen molar-refractivity contribution in [3.05, 3.63) is 52.5 Å². The van der Waals surface area contributed by atoms with Crippen molar-refractivity contribution in [3.8, 4) is 11.5 Å². The average Bonchev–Trinajstić information content (AvgIpc) is 3.35. The first kappa shape index (κ1) is 17.7. The molecule has 2 aromatic rings. The van der Waals surface area contributed by atoms with Crippen molar-refractivity contribution in [1.82, 2.24) is 5.32 Å². The molecule has 1 aliphatic heterocycles. The van der Waals surface area contributed by atoms with Crippen LogP contribution in [0.3, 0.4) is 0 Å². The molecule has 140 valence electrons. The van der Waals surface area contributed by atoms with E-state index in [4.69, 9.17) is 21.1 Å². The SMILES string of the molecule is Cc1c(Cl)cccc1NC(=O)C1(C(=O)NCc2ccc3c(c2)OCO3)CC1. The fourth-order valence-electron chi connectivity index (χ4n) is 3.07. The lowest BCUT2D eigenvalue weighted by Crippen LogP contribution is -2.39. The summed E-state index contributed by atoms with van der Waals surface area (Å²) in [6, 6.07) is 10.8. The molecule has 7 heteroatoms. The van der Waals surface area contributed by atoms with E-state index < -0.39 is 5.41 Å². The predicted molar refractivity (Wildman–Crippen MR) is 101 cm³/mol. The molecule has 0 atom stereocenters. The number of rotatable bonds is 5. The third-order valence-corrected chi connectivity index (χ3v) is 5.43. The number of hydrogen-bond donors (Lipinski definition) is 2. The second-order valence-electron chi connectivity index (χ2n) is 6.82. The third kappa shape index (κ3) is 3.32. The van der Waals surface area contributed by atoms with Gasteiger partial charge in [-0.3, -0.25) is 9.59 Å². The fraction of sp³-hybridized carbons (Fsp3) is 0.300. The van der Waals surface area contributed by atoms with Gasteiger partial charge < -0.3 is 20.1 Å². The molecule has 0 radical (unpaired) electrons. The molecule has 1 fully saturated rings. The summed E-state index contributed by atoms with van der Waals surface area (Å²) < 4.78 is 10.6. The van der Waals surface area contributed by atoms with E-state index in [2.05, 4.69) is 10.6 Å². The molecule has 0 bridgehead atoms. The van der Waals surface area contributed by atoms with Crippen LogP contribution in [-0.4, -0.2) is 18.6 Å². The lowest BCUT2D eigenvalue weighted by Gasteiger charge is -2.17. The minimum Gasteiger partial charge on any atom is -0.454 e. The van der Waals surface area contributed by atoms with Crippen LogP contribution in [0.5, 0.6) is 11.5 Å². The van der Waals surface area contributed by atoms with Crippen molar-refractivity contribution in [2.24, 2.45) is 5.41 Å². The molecule has 2 aliphatic rings. The van der Waals surface area contributed by atoms with Gasteiger partial charge in [0.25, 0.3) is 0 Å². The van der Waals surface area contributed by atoms with Gasteiger partial charge in [0, 0.05) is 17.3 Å². The molecule has 0 unspecified atom stereocenters. The average molecular weight is 387 g/mol. The van der Waals surface area contributed by atoms with E-state index in [0.29, 0.717) is 41.6 Å². The van der Waals surface area contributed by atoms with Crippen molar-refractivity contribution < 1.29 is 19.1 Å². The van der Waals surface area contributed by atoms with Crippen LogP contribution in [0.25, 0.3) is 0 Å². The van der Waals surface area contributed by atoms with Gasteiger partial charge in [0.2, 0.25) is 18.6 Å². The summed E-state index contributed by atoms with van der Waals surface area (Å²) in [6.45, 7) is 2.36. The van der Waals surface area contributed by atoms with Gasteiger partial charge in [0.05, 0.1) is 0 Å². The number of hydrogen-bond acceptors (Lipinski definition) is 4. The number of fused-ring (bicyclic) bond motifs is 1. The largest absolute Gasteiger partial charge is 0.454 e. The van der Waals surface area contributed by atoms with Gasteiger partial charge in [-0.1, -0.05) is 23.7 Å². The Morgan fingerprint density at radius 1 is 1.11 bits per heavy atom. The molecule has 2 N–H and O–H groups in total. The van der Waals surface area contributed by atoms with Crippen LogP contribution in [0.4, 0.5) is 5.69 Å². The quantitative estimate of drug-likeness (QED) is 0.772. The molecular formula is C20H19ClN2O4. The first-order valence-corrected chi connectivity index (χ1v) is 9.11. The van der Waals surface area contributed by atoms with E-state index >= 15 is 0 Å². The minimum absolute atomic E-state index is 0.206. The Balaban J connectivity index is 1.40. The molecule has 2 aromatic carbocycles. The Labute approximate surface area is 161 Å². The van der Waals surface area contributed by atoms with Crippen LogP contribution in [-0.2, 0) is 16.1 Å². The normalized spacial score (nSPS) is 15.9. The topological polar surface area (TPSA) is 76.7 Å². The molecule has 1 saturated carbocycles. The van der Waals surface area contributed by atoms with E-state index in [-0.39, 0.29) is 18.6 Å². The highest BCUT2D eigenvalue weighted by Gasteiger charge is 2.56. The molecule has 1 heterocycles. The molecule has 27 heavy (non-hydrogen) atoms. The van der Waals surface area contributed by atoms with Gasteiger partial charge in [-0.15, -0.1) is 0 Å². The fourth-order valence-corrected chi connectivity index (χ4v) is 3.24. The Morgan fingerprint density at radius 3 is 2.67 bits per heavy atom. The highest BCUT2D eigenvalue weighted by Crippen LogP contribution is 2.47. The van der Waals surface area contributed by atoms with Crippen molar-refractivity contribution >= 4 is 29.1 Å². The van der Waals surface area contributed by atoms with Crippen LogP contribution in [0, 0.1) is 12.3 Å². The Kier molecular flexibility index (Phi) is 4.44. The van der Waals surface area contributed by atoms with Crippen LogP contribution in [0.2, 0.25) is 5.02 Å². The molecule has 2 amide bonds. The highest BCUT2D eigenvalue weighted by atomic mass is 35.5. The summed E-state index contributed by atoms with van der Waals surface area (Å²) >= 11 is 6.10. The number of ether oxygens (including phenoxy) is 2. The number of halogens is 1. The van der Waals surface area contributed by atoms with Gasteiger partial charge in [-0.2, -0.15) is 0 Å². The third-order valence-electron chi connectivity index (χ3n) is 5.03. The molecular weight excluding hydrogens is 368 g/mol. The van der Waals surface area contributed by atoms with Gasteiger partial charge in [0.15, 0.2) is 11.5 Å². The van der Waals surface area contributed by atoms with Crippen LogP contribution in [0.15, 0.2) is 36.4 Å². The molecule has 0 saturated heterocycles. The maximum atomic E-state index is 12.7. The van der Waals surface area contributed by atoms with Crippen molar-refractivity contribution in [3.63, 3.8) is 0 Å². The number of benzene rings is 2. The summed E-state index contributed by atoms with van der Waals surface area (Å²) in [6.07, 6.45) is 1.07. The molecule has 6 nitrogen and oxygen atoms in total. The van der Waals surface area contributed by atoms with E-state index in [9.17, 15) is 9.59 Å². The summed E-state index contributed by atoms with van der Waals surface area (Å²) in [7, 11) is 0. The summed E-state index contributed by atoms with van der Waals surface area (Å²) in [5, 5.41) is 6.28. The molecule has 0 aromatic heterocycles. The molecule has 0 spiro atoms. The van der Waals surface area contributed by atoms with Crippen LogP contribution < -0.4 is 20.1 Å². The van der Waals surface area contributed by atoms with E-state index in [1.807, 2.05) is 25.1 Å². The monoisotopic (exact) mass is 386 g/mol. The summed E-state index contributed by atoms with van der Waals surface area (Å²) in [5.41, 5.74) is 1.28. The van der Waals surface area contributed by atoms with Gasteiger partial charge in [-0.25, -0.2) is 0 Å². The van der Waals surface area contributed by atoms with Gasteiger partial charge in [-0.05, 0) is 55.2 Å². The minimum atomic E-state index is -1.01. The van der Waals surface area contributed by atoms with Crippen LogP contribution >= 0.6 is 11.6 Å². The summed E-state index contributed by atoms with van der Waals surface area (Å²) in [4.78, 5) is 25.4. The van der Waals surface area contributed by atoms with Crippen molar-refractivity contribution in [2.75, 3.05) is 12.1 Å². The van der Waals surface area contributed by atoms with E-state index in [0.717, 1.165) is 11.1 Å². The van der Waals surface area contributed by atoms with Gasteiger partial charge >= 0.3 is 0 Å². The number of carbonyl (C=O) groups is 2. The first-order chi connectivity index (χ1) is 13.0. The lowest BCUT2D eigenvalue weighted by molar-refractivity contribution is -0.134. The smallest absolute Gasteiger partial charge is 0.240 e. The number of carbonyl (C=O) groups excluding carboxylic acids is 2. The predicted octanol–water partition coefficient (Wildman–Crippen LogP) is 3.41. The number of anilines is 1. The molecule has 4 rings (SSSR count). The van der Waals surface area contributed by atoms with E-state index in [1.54, 1.807) is 18.2 Å². The number of amides is 2. The first-order valence-electron chi connectivity index (χ1n) is 8.73. The second kappa shape index (κ2) is 6.78. The van der Waals surface area contributed by atoms with E-state index in [1.165, 1.54) is 0 Å². The van der Waals surface area contributed by atoms with Gasteiger partial charge in [0.1, 0.15) is 5.41 Å². The zero-order valence-electron chi connectivity index (χ0n) is 14.8. The van der Waals surface area contributed by atoms with Crippen molar-refractivity contribution in [2.45, 2.75) is 26.3 Å². The second-order valence-corrected chi connectivity index (χ2v) is 7.23. The Hall–Kier alpha value is -2.73. The maximum absolute atomic E-state index is 12.7. The zero-order chi connectivity index (χ0) is 19.0. The Bertz CT molecular complexity index is 924. The lowest BCUT2D eigenvalue weighted by atomic mass is 10.0. The number of nitrogens with one attached hydrogen (secondary N) is 2. The standard InChI is InChI=1S/C20H19ClN2O4/c1-12-14(21)3-2-4-15(12)23-19(25)20(7-8-20)18(24)22-10-13-5-6-16-17(9-13)27-11-26-16/h2-6,9H,7-8,10-11H2,1H3,(H,22,24)(H,23,25). The maximum Gasteiger partial charge on any atom is 0.240 e.